The number of nitrogens with one attached hydrogen (secondary N) is 1. The van der Waals surface area contributed by atoms with Gasteiger partial charge in [0.2, 0.25) is 0 Å². The predicted octanol–water partition coefficient (Wildman–Crippen LogP) is 0.196. The van der Waals surface area contributed by atoms with Crippen LogP contribution in [0.2, 0.25) is 0 Å². The third-order valence-electron chi connectivity index (χ3n) is 2.81. The van der Waals surface area contributed by atoms with Gasteiger partial charge in [0, 0.05) is 38.6 Å². The predicted molar refractivity (Wildman–Crippen MR) is 54.1 cm³/mol. The van der Waals surface area contributed by atoms with E-state index < -0.39 is 0 Å². The molecule has 1 aromatic rings. The standard InChI is InChI=1S/C10H12N4/c1-2-13-10(5-11-1)14-6-8-3-12-4-9(8)7-14/h1-2,5,12H,3-4,6-7H2. The van der Waals surface area contributed by atoms with Crippen LogP contribution < -0.4 is 10.2 Å². The van der Waals surface area contributed by atoms with E-state index in [0.29, 0.717) is 0 Å². The molecule has 4 heteroatoms. The maximum Gasteiger partial charge on any atom is 0.147 e. The minimum atomic E-state index is 0.988. The van der Waals surface area contributed by atoms with Crippen LogP contribution in [0.25, 0.3) is 0 Å². The maximum absolute atomic E-state index is 4.30. The molecule has 3 heterocycles. The number of rotatable bonds is 1. The van der Waals surface area contributed by atoms with Crippen LogP contribution in [0.15, 0.2) is 29.7 Å². The summed E-state index contributed by atoms with van der Waals surface area (Å²) in [5, 5.41) is 3.36. The van der Waals surface area contributed by atoms with Gasteiger partial charge in [0.1, 0.15) is 5.82 Å². The summed E-state index contributed by atoms with van der Waals surface area (Å²) in [7, 11) is 0. The van der Waals surface area contributed by atoms with E-state index in [-0.39, 0.29) is 0 Å². The van der Waals surface area contributed by atoms with Crippen molar-refractivity contribution in [2.45, 2.75) is 0 Å². The first-order valence-corrected chi connectivity index (χ1v) is 4.85. The molecule has 72 valence electrons. The fraction of sp³-hybridized carbons (Fsp3) is 0.400. The van der Waals surface area contributed by atoms with E-state index in [1.54, 1.807) is 12.4 Å². The van der Waals surface area contributed by atoms with Crippen LogP contribution in [0.4, 0.5) is 5.82 Å². The van der Waals surface area contributed by atoms with E-state index in [1.807, 2.05) is 6.20 Å². The minimum absolute atomic E-state index is 0.988. The lowest BCUT2D eigenvalue weighted by atomic mass is 10.2. The van der Waals surface area contributed by atoms with Crippen LogP contribution >= 0.6 is 0 Å². The zero-order chi connectivity index (χ0) is 9.38. The Bertz CT molecular complexity index is 355. The number of anilines is 1. The van der Waals surface area contributed by atoms with Crippen molar-refractivity contribution in [1.82, 2.24) is 15.3 Å². The van der Waals surface area contributed by atoms with Crippen molar-refractivity contribution in [3.63, 3.8) is 0 Å². The quantitative estimate of drug-likeness (QED) is 0.639. The Morgan fingerprint density at radius 1 is 1.14 bits per heavy atom. The first kappa shape index (κ1) is 7.94. The first-order chi connectivity index (χ1) is 6.93. The molecule has 0 fully saturated rings. The Morgan fingerprint density at radius 3 is 2.57 bits per heavy atom. The van der Waals surface area contributed by atoms with Gasteiger partial charge in [-0.15, -0.1) is 0 Å². The normalized spacial score (nSPS) is 20.4. The molecule has 0 radical (unpaired) electrons. The molecular weight excluding hydrogens is 176 g/mol. The number of aromatic nitrogens is 2. The molecule has 0 aliphatic carbocycles. The second kappa shape index (κ2) is 3.06. The van der Waals surface area contributed by atoms with Crippen molar-refractivity contribution in [1.29, 1.82) is 0 Å². The smallest absolute Gasteiger partial charge is 0.147 e. The summed E-state index contributed by atoms with van der Waals surface area (Å²) in [6.07, 6.45) is 5.29. The monoisotopic (exact) mass is 188 g/mol. The maximum atomic E-state index is 4.30. The number of hydrogen-bond acceptors (Lipinski definition) is 4. The van der Waals surface area contributed by atoms with Crippen LogP contribution in [0.1, 0.15) is 0 Å². The van der Waals surface area contributed by atoms with Crippen molar-refractivity contribution in [2.75, 3.05) is 31.1 Å². The highest BCUT2D eigenvalue weighted by atomic mass is 15.2. The highest BCUT2D eigenvalue weighted by Gasteiger charge is 2.25. The fourth-order valence-electron chi connectivity index (χ4n) is 2.08. The molecular formula is C10H12N4. The van der Waals surface area contributed by atoms with Crippen LogP contribution in [-0.2, 0) is 0 Å². The lowest BCUT2D eigenvalue weighted by Gasteiger charge is -2.18. The summed E-state index contributed by atoms with van der Waals surface area (Å²) < 4.78 is 0. The van der Waals surface area contributed by atoms with Gasteiger partial charge in [0.25, 0.3) is 0 Å². The largest absolute Gasteiger partial charge is 0.347 e. The Hall–Kier alpha value is -1.42. The zero-order valence-corrected chi connectivity index (χ0v) is 7.90. The van der Waals surface area contributed by atoms with Gasteiger partial charge >= 0.3 is 0 Å². The van der Waals surface area contributed by atoms with Crippen molar-refractivity contribution >= 4 is 5.82 Å². The van der Waals surface area contributed by atoms with E-state index in [2.05, 4.69) is 20.2 Å². The van der Waals surface area contributed by atoms with E-state index >= 15 is 0 Å². The van der Waals surface area contributed by atoms with Gasteiger partial charge in [-0.25, -0.2) is 4.98 Å². The van der Waals surface area contributed by atoms with Gasteiger partial charge < -0.3 is 10.2 Å². The molecule has 0 aromatic carbocycles. The topological polar surface area (TPSA) is 41.1 Å². The van der Waals surface area contributed by atoms with Gasteiger partial charge in [0.15, 0.2) is 0 Å². The van der Waals surface area contributed by atoms with Gasteiger partial charge in [-0.05, 0) is 11.1 Å². The Morgan fingerprint density at radius 2 is 1.93 bits per heavy atom. The first-order valence-electron chi connectivity index (χ1n) is 4.85. The molecule has 0 amide bonds. The second-order valence-electron chi connectivity index (χ2n) is 3.73. The lowest BCUT2D eigenvalue weighted by molar-refractivity contribution is 0.797. The van der Waals surface area contributed by atoms with Gasteiger partial charge in [0.05, 0.1) is 6.20 Å². The van der Waals surface area contributed by atoms with E-state index in [4.69, 9.17) is 0 Å². The van der Waals surface area contributed by atoms with E-state index in [1.165, 1.54) is 11.1 Å². The van der Waals surface area contributed by atoms with Crippen molar-refractivity contribution in [3.8, 4) is 0 Å². The number of nitrogens with zero attached hydrogens (tertiary/aromatic N) is 3. The molecule has 14 heavy (non-hydrogen) atoms. The van der Waals surface area contributed by atoms with Gasteiger partial charge in [-0.2, -0.15) is 0 Å². The van der Waals surface area contributed by atoms with Crippen LogP contribution in [-0.4, -0.2) is 36.1 Å². The number of hydrogen-bond donors (Lipinski definition) is 1. The molecule has 1 aromatic heterocycles. The summed E-state index contributed by atoms with van der Waals surface area (Å²) >= 11 is 0. The molecule has 1 N–H and O–H groups in total. The summed E-state index contributed by atoms with van der Waals surface area (Å²) in [6, 6.07) is 0. The molecule has 2 aliphatic heterocycles. The summed E-state index contributed by atoms with van der Waals surface area (Å²) in [4.78, 5) is 10.7. The van der Waals surface area contributed by atoms with Gasteiger partial charge in [-0.1, -0.05) is 0 Å². The molecule has 0 atom stereocenters. The SMILES string of the molecule is c1cnc(N2CC3=C(CNC3)C2)cn1. The molecule has 0 saturated heterocycles. The average Bonchev–Trinajstić information content (AvgIpc) is 2.78. The lowest BCUT2D eigenvalue weighted by Crippen LogP contribution is -2.27. The Kier molecular flexibility index (Phi) is 1.73. The fourth-order valence-corrected chi connectivity index (χ4v) is 2.08. The molecule has 3 rings (SSSR count). The highest BCUT2D eigenvalue weighted by molar-refractivity contribution is 5.47. The summed E-state index contributed by atoms with van der Waals surface area (Å²) in [5.74, 6) is 0.988. The third-order valence-corrected chi connectivity index (χ3v) is 2.81. The molecule has 2 aliphatic rings. The van der Waals surface area contributed by atoms with Crippen LogP contribution in [0.5, 0.6) is 0 Å². The molecule has 0 saturated carbocycles. The van der Waals surface area contributed by atoms with Crippen molar-refractivity contribution in [3.05, 3.63) is 29.7 Å². The van der Waals surface area contributed by atoms with E-state index in [0.717, 1.165) is 32.0 Å². The molecule has 0 bridgehead atoms. The zero-order valence-electron chi connectivity index (χ0n) is 7.90. The highest BCUT2D eigenvalue weighted by Crippen LogP contribution is 2.23. The second-order valence-corrected chi connectivity index (χ2v) is 3.73. The van der Waals surface area contributed by atoms with Gasteiger partial charge in [-0.3, -0.25) is 4.98 Å². The molecule has 0 unspecified atom stereocenters. The molecule has 4 nitrogen and oxygen atoms in total. The average molecular weight is 188 g/mol. The Balaban J connectivity index is 1.80. The van der Waals surface area contributed by atoms with Crippen LogP contribution in [0.3, 0.4) is 0 Å². The Labute approximate surface area is 82.7 Å². The van der Waals surface area contributed by atoms with E-state index in [9.17, 15) is 0 Å². The summed E-state index contributed by atoms with van der Waals surface area (Å²) in [6.45, 7) is 4.13. The molecule has 0 spiro atoms. The minimum Gasteiger partial charge on any atom is -0.347 e. The van der Waals surface area contributed by atoms with Crippen LogP contribution in [0, 0.1) is 0 Å². The summed E-state index contributed by atoms with van der Waals surface area (Å²) in [5.41, 5.74) is 3.08. The van der Waals surface area contributed by atoms with Crippen molar-refractivity contribution in [2.24, 2.45) is 0 Å². The third kappa shape index (κ3) is 1.19. The van der Waals surface area contributed by atoms with Crippen molar-refractivity contribution < 1.29 is 0 Å².